The minimum Gasteiger partial charge on any atom is -0.466 e. The first-order valence-corrected chi connectivity index (χ1v) is 24.1. The Kier molecular flexibility index (Phi) is 43.7. The molecule has 2 atom stereocenters. The van der Waals surface area contributed by atoms with Gasteiger partial charge in [-0.05, 0) is 57.8 Å². The Morgan fingerprint density at radius 2 is 0.855 bits per heavy atom. The number of carbonyl (C=O) groups is 2. The zero-order valence-corrected chi connectivity index (χ0v) is 36.7. The molecule has 3 N–H and O–H groups in total. The van der Waals surface area contributed by atoms with Crippen LogP contribution in [0.1, 0.15) is 251 Å². The van der Waals surface area contributed by atoms with Gasteiger partial charge in [0.05, 0.1) is 25.4 Å². The number of hydrogen-bond donors (Lipinski definition) is 3. The van der Waals surface area contributed by atoms with Crippen molar-refractivity contribution in [2.24, 2.45) is 0 Å². The van der Waals surface area contributed by atoms with E-state index >= 15 is 0 Å². The Bertz CT molecular complexity index is 858. The smallest absolute Gasteiger partial charge is 0.305 e. The number of esters is 1. The average Bonchev–Trinajstić information content (AvgIpc) is 3.18. The summed E-state index contributed by atoms with van der Waals surface area (Å²) in [6.45, 7) is 4.84. The van der Waals surface area contributed by atoms with Gasteiger partial charge < -0.3 is 20.3 Å². The van der Waals surface area contributed by atoms with Crippen LogP contribution in [0.5, 0.6) is 0 Å². The number of unbranched alkanes of at least 4 members (excludes halogenated alkanes) is 31. The summed E-state index contributed by atoms with van der Waals surface area (Å²) in [5.74, 6) is -0.0944. The molecule has 0 aromatic heterocycles. The van der Waals surface area contributed by atoms with Crippen LogP contribution >= 0.6 is 0 Å². The zero-order chi connectivity index (χ0) is 40.1. The van der Waals surface area contributed by atoms with Crippen molar-refractivity contribution < 1.29 is 24.5 Å². The van der Waals surface area contributed by atoms with Crippen LogP contribution in [-0.2, 0) is 14.3 Å². The van der Waals surface area contributed by atoms with Crippen molar-refractivity contribution in [2.75, 3.05) is 13.2 Å². The standard InChI is InChI=1S/C49H93NO5/c1-3-5-7-9-11-13-15-21-25-29-33-37-41-47(52)46(45-51)50-48(53)42-38-34-30-26-22-19-17-18-20-24-28-32-36-40-44-55-49(54)43-39-35-31-27-23-16-14-12-10-8-6-4-2/h12,14,37,41,46-47,51-52H,3-11,13,15-36,38-40,42-45H2,1-2H3,(H,50,53)/b14-12-,41-37+. The molecule has 0 aliphatic heterocycles. The van der Waals surface area contributed by atoms with Gasteiger partial charge in [0.25, 0.3) is 0 Å². The van der Waals surface area contributed by atoms with Crippen molar-refractivity contribution in [3.05, 3.63) is 24.3 Å². The summed E-state index contributed by atoms with van der Waals surface area (Å²) in [4.78, 5) is 24.4. The van der Waals surface area contributed by atoms with Crippen LogP contribution in [0.4, 0.5) is 0 Å². The summed E-state index contributed by atoms with van der Waals surface area (Å²) in [5.41, 5.74) is 0. The van der Waals surface area contributed by atoms with Crippen LogP contribution in [0.2, 0.25) is 0 Å². The Labute approximate surface area is 341 Å². The van der Waals surface area contributed by atoms with Gasteiger partial charge in [-0.3, -0.25) is 9.59 Å². The molecule has 0 radical (unpaired) electrons. The third-order valence-corrected chi connectivity index (χ3v) is 11.0. The van der Waals surface area contributed by atoms with E-state index in [4.69, 9.17) is 4.74 Å². The summed E-state index contributed by atoms with van der Waals surface area (Å²) < 4.78 is 5.44. The van der Waals surface area contributed by atoms with E-state index in [1.807, 2.05) is 6.08 Å². The second kappa shape index (κ2) is 45.0. The average molecular weight is 776 g/mol. The fourth-order valence-electron chi connectivity index (χ4n) is 7.21. The van der Waals surface area contributed by atoms with Crippen LogP contribution in [0.25, 0.3) is 0 Å². The van der Waals surface area contributed by atoms with Crippen molar-refractivity contribution in [1.29, 1.82) is 0 Å². The van der Waals surface area contributed by atoms with Gasteiger partial charge in [-0.25, -0.2) is 0 Å². The number of aliphatic hydroxyl groups is 2. The molecule has 6 heteroatoms. The van der Waals surface area contributed by atoms with Gasteiger partial charge in [0.1, 0.15) is 0 Å². The fourth-order valence-corrected chi connectivity index (χ4v) is 7.21. The molecule has 0 saturated heterocycles. The number of rotatable bonds is 44. The molecule has 0 spiro atoms. The zero-order valence-electron chi connectivity index (χ0n) is 36.7. The van der Waals surface area contributed by atoms with Gasteiger partial charge >= 0.3 is 5.97 Å². The van der Waals surface area contributed by atoms with Crippen molar-refractivity contribution in [3.63, 3.8) is 0 Å². The lowest BCUT2D eigenvalue weighted by atomic mass is 10.0. The van der Waals surface area contributed by atoms with Crippen molar-refractivity contribution >= 4 is 11.9 Å². The Hall–Kier alpha value is -1.66. The van der Waals surface area contributed by atoms with E-state index in [1.54, 1.807) is 6.08 Å². The summed E-state index contributed by atoms with van der Waals surface area (Å²) in [5, 5.41) is 23.0. The van der Waals surface area contributed by atoms with Crippen LogP contribution in [0, 0.1) is 0 Å². The number of hydrogen-bond acceptors (Lipinski definition) is 5. The van der Waals surface area contributed by atoms with Gasteiger partial charge in [-0.1, -0.05) is 205 Å². The molecule has 0 saturated carbocycles. The van der Waals surface area contributed by atoms with Gasteiger partial charge in [0.15, 0.2) is 0 Å². The molecule has 0 aromatic carbocycles. The normalized spacial score (nSPS) is 12.9. The van der Waals surface area contributed by atoms with Crippen molar-refractivity contribution in [2.45, 2.75) is 264 Å². The minimum atomic E-state index is -0.850. The van der Waals surface area contributed by atoms with E-state index in [0.717, 1.165) is 57.8 Å². The van der Waals surface area contributed by atoms with Crippen molar-refractivity contribution in [1.82, 2.24) is 5.32 Å². The summed E-state index contributed by atoms with van der Waals surface area (Å²) >= 11 is 0. The van der Waals surface area contributed by atoms with E-state index < -0.39 is 12.1 Å². The molecule has 0 heterocycles. The number of carbonyl (C=O) groups excluding carboxylic acids is 2. The maximum Gasteiger partial charge on any atom is 0.305 e. The number of allylic oxidation sites excluding steroid dienone is 3. The molecule has 0 rings (SSSR count). The van der Waals surface area contributed by atoms with Gasteiger partial charge in [0.2, 0.25) is 5.91 Å². The Morgan fingerprint density at radius 1 is 0.491 bits per heavy atom. The highest BCUT2D eigenvalue weighted by Gasteiger charge is 2.18. The van der Waals surface area contributed by atoms with Crippen molar-refractivity contribution in [3.8, 4) is 0 Å². The van der Waals surface area contributed by atoms with E-state index in [9.17, 15) is 19.8 Å². The molecule has 0 aliphatic rings. The maximum atomic E-state index is 12.4. The van der Waals surface area contributed by atoms with Crippen LogP contribution in [0.15, 0.2) is 24.3 Å². The topological polar surface area (TPSA) is 95.9 Å². The third kappa shape index (κ3) is 41.8. The first-order valence-electron chi connectivity index (χ1n) is 24.1. The number of ether oxygens (including phenoxy) is 1. The monoisotopic (exact) mass is 776 g/mol. The lowest BCUT2D eigenvalue weighted by molar-refractivity contribution is -0.143. The van der Waals surface area contributed by atoms with Crippen LogP contribution in [0.3, 0.4) is 0 Å². The largest absolute Gasteiger partial charge is 0.466 e. The number of amides is 1. The van der Waals surface area contributed by atoms with Gasteiger partial charge in [0, 0.05) is 12.8 Å². The number of aliphatic hydroxyl groups excluding tert-OH is 2. The molecule has 0 aliphatic carbocycles. The molecule has 0 aromatic rings. The predicted molar refractivity (Wildman–Crippen MR) is 236 cm³/mol. The first-order chi connectivity index (χ1) is 27.0. The molecule has 2 unspecified atom stereocenters. The second-order valence-corrected chi connectivity index (χ2v) is 16.4. The SMILES string of the molecule is CCCCC/C=C\CCCCCCCC(=O)OCCCCCCCCCCCCCCCCC(=O)NC(CO)C(O)/C=C/CCCCCCCCCCCC. The van der Waals surface area contributed by atoms with E-state index in [-0.39, 0.29) is 18.5 Å². The highest BCUT2D eigenvalue weighted by Crippen LogP contribution is 2.15. The molecule has 1 amide bonds. The van der Waals surface area contributed by atoms with Crippen LogP contribution < -0.4 is 5.32 Å². The summed E-state index contributed by atoms with van der Waals surface area (Å²) in [7, 11) is 0. The molecular formula is C49H93NO5. The second-order valence-electron chi connectivity index (χ2n) is 16.4. The highest BCUT2D eigenvalue weighted by atomic mass is 16.5. The molecule has 55 heavy (non-hydrogen) atoms. The molecule has 6 nitrogen and oxygen atoms in total. The lowest BCUT2D eigenvalue weighted by Crippen LogP contribution is -2.45. The molecule has 0 fully saturated rings. The molecule has 324 valence electrons. The summed E-state index contributed by atoms with van der Waals surface area (Å²) in [6, 6.07) is -0.634. The van der Waals surface area contributed by atoms with Gasteiger partial charge in [-0.15, -0.1) is 0 Å². The number of nitrogens with one attached hydrogen (secondary N) is 1. The molecular weight excluding hydrogens is 683 g/mol. The van der Waals surface area contributed by atoms with E-state index in [0.29, 0.717) is 19.4 Å². The third-order valence-electron chi connectivity index (χ3n) is 11.0. The Morgan fingerprint density at radius 3 is 1.33 bits per heavy atom. The quantitative estimate of drug-likeness (QED) is 0.0325. The highest BCUT2D eigenvalue weighted by molar-refractivity contribution is 5.76. The first kappa shape index (κ1) is 53.3. The fraction of sp³-hybridized carbons (Fsp3) is 0.878. The van der Waals surface area contributed by atoms with Gasteiger partial charge in [-0.2, -0.15) is 0 Å². The molecule has 0 bridgehead atoms. The van der Waals surface area contributed by atoms with Crippen LogP contribution in [-0.4, -0.2) is 47.4 Å². The predicted octanol–water partition coefficient (Wildman–Crippen LogP) is 14.0. The lowest BCUT2D eigenvalue weighted by Gasteiger charge is -2.20. The Balaban J connectivity index is 3.48. The summed E-state index contributed by atoms with van der Waals surface area (Å²) in [6.07, 6.45) is 51.6. The van der Waals surface area contributed by atoms with E-state index in [1.165, 1.54) is 167 Å². The van der Waals surface area contributed by atoms with E-state index in [2.05, 4.69) is 31.3 Å². The minimum absolute atomic E-state index is 0.0142. The maximum absolute atomic E-state index is 12.4.